The van der Waals surface area contributed by atoms with E-state index < -0.39 is 0 Å². The average molecular weight is 330 g/mol. The van der Waals surface area contributed by atoms with Gasteiger partial charge in [0, 0.05) is 22.8 Å². The van der Waals surface area contributed by atoms with Crippen molar-refractivity contribution in [1.29, 1.82) is 0 Å². The zero-order chi connectivity index (χ0) is 17.6. The minimum Gasteiger partial charge on any atom is -0.461 e. The van der Waals surface area contributed by atoms with Crippen molar-refractivity contribution in [2.45, 2.75) is 52.7 Å². The van der Waals surface area contributed by atoms with E-state index in [2.05, 4.69) is 13.5 Å². The van der Waals surface area contributed by atoms with Crippen LogP contribution >= 0.6 is 0 Å². The Morgan fingerprint density at radius 3 is 2.88 bits per heavy atom. The lowest BCUT2D eigenvalue weighted by Gasteiger charge is -2.51. The highest BCUT2D eigenvalue weighted by Crippen LogP contribution is 2.56. The Balaban J connectivity index is 1.91. The van der Waals surface area contributed by atoms with E-state index in [-0.39, 0.29) is 47.3 Å². The zero-order valence-corrected chi connectivity index (χ0v) is 14.9. The third-order valence-corrected chi connectivity index (χ3v) is 6.27. The maximum atomic E-state index is 12.2. The van der Waals surface area contributed by atoms with Crippen LogP contribution < -0.4 is 0 Å². The maximum absolute atomic E-state index is 12.2. The van der Waals surface area contributed by atoms with Crippen LogP contribution in [0.15, 0.2) is 36.0 Å². The van der Waals surface area contributed by atoms with Crippen molar-refractivity contribution in [3.8, 4) is 0 Å². The first kappa shape index (κ1) is 17.0. The lowest BCUT2D eigenvalue weighted by molar-refractivity contribution is -0.160. The third-order valence-electron chi connectivity index (χ3n) is 6.27. The van der Waals surface area contributed by atoms with Crippen molar-refractivity contribution >= 4 is 11.9 Å². The van der Waals surface area contributed by atoms with Crippen LogP contribution in [0.3, 0.4) is 0 Å². The summed E-state index contributed by atoms with van der Waals surface area (Å²) in [7, 11) is 0. The van der Waals surface area contributed by atoms with Gasteiger partial charge in [0.25, 0.3) is 0 Å². The summed E-state index contributed by atoms with van der Waals surface area (Å²) >= 11 is 0. The molecule has 0 spiro atoms. The Labute approximate surface area is 143 Å². The van der Waals surface area contributed by atoms with Gasteiger partial charge >= 0.3 is 11.9 Å². The topological polar surface area (TPSA) is 52.6 Å². The van der Waals surface area contributed by atoms with E-state index >= 15 is 0 Å². The minimum atomic E-state index is -0.328. The summed E-state index contributed by atoms with van der Waals surface area (Å²) in [5.41, 5.74) is 1.27. The first-order chi connectivity index (χ1) is 11.3. The number of allylic oxidation sites excluding steroid dienone is 2. The first-order valence-corrected chi connectivity index (χ1v) is 8.71. The summed E-state index contributed by atoms with van der Waals surface area (Å²) < 4.78 is 11.5. The number of carbonyl (C=O) groups excluding carboxylic acids is 2. The van der Waals surface area contributed by atoms with Crippen LogP contribution in [0.1, 0.15) is 40.5 Å². The van der Waals surface area contributed by atoms with Crippen molar-refractivity contribution in [1.82, 2.24) is 0 Å². The van der Waals surface area contributed by atoms with Crippen LogP contribution in [0, 0.1) is 23.2 Å². The molecule has 1 saturated heterocycles. The highest BCUT2D eigenvalue weighted by Gasteiger charge is 2.59. The van der Waals surface area contributed by atoms with Gasteiger partial charge in [0.2, 0.25) is 0 Å². The van der Waals surface area contributed by atoms with E-state index in [9.17, 15) is 9.59 Å². The van der Waals surface area contributed by atoms with E-state index in [0.29, 0.717) is 5.57 Å². The average Bonchev–Trinajstić information content (AvgIpc) is 2.83. The Bertz CT molecular complexity index is 644. The number of fused-ring (bicyclic) bond motifs is 3. The van der Waals surface area contributed by atoms with Crippen LogP contribution in [-0.2, 0) is 19.1 Å². The summed E-state index contributed by atoms with van der Waals surface area (Å²) in [5, 5.41) is 0. The largest absolute Gasteiger partial charge is 0.461 e. The van der Waals surface area contributed by atoms with Crippen LogP contribution in [0.4, 0.5) is 0 Å². The molecule has 3 aliphatic rings. The van der Waals surface area contributed by atoms with Crippen molar-refractivity contribution in [3.63, 3.8) is 0 Å². The number of ether oxygens (including phenoxy) is 2. The quantitative estimate of drug-likeness (QED) is 0.573. The molecule has 6 atom stereocenters. The molecule has 1 aliphatic heterocycles. The molecule has 130 valence electrons. The van der Waals surface area contributed by atoms with E-state index in [1.54, 1.807) is 13.0 Å². The lowest BCUT2D eigenvalue weighted by Crippen LogP contribution is -2.53. The highest BCUT2D eigenvalue weighted by atomic mass is 16.6. The number of hydrogen-bond donors (Lipinski definition) is 0. The second-order valence-corrected chi connectivity index (χ2v) is 7.61. The summed E-state index contributed by atoms with van der Waals surface area (Å²) in [6, 6.07) is 0. The number of esters is 2. The lowest BCUT2D eigenvalue weighted by atomic mass is 9.55. The smallest absolute Gasteiger partial charge is 0.333 e. The molecular formula is C20H26O4. The molecular weight excluding hydrogens is 304 g/mol. The van der Waals surface area contributed by atoms with Gasteiger partial charge in [-0.3, -0.25) is 4.79 Å². The first-order valence-electron chi connectivity index (χ1n) is 8.71. The van der Waals surface area contributed by atoms with Gasteiger partial charge in [-0.1, -0.05) is 32.6 Å². The monoisotopic (exact) mass is 330 g/mol. The minimum absolute atomic E-state index is 0.00105. The molecule has 4 heteroatoms. The van der Waals surface area contributed by atoms with E-state index in [1.165, 1.54) is 0 Å². The molecule has 0 aromatic rings. The molecule has 1 saturated carbocycles. The zero-order valence-electron chi connectivity index (χ0n) is 14.9. The van der Waals surface area contributed by atoms with E-state index in [1.807, 2.05) is 26.0 Å². The molecule has 0 bridgehead atoms. The van der Waals surface area contributed by atoms with Gasteiger partial charge in [-0.05, 0) is 38.3 Å². The summed E-state index contributed by atoms with van der Waals surface area (Å²) in [6.45, 7) is 11.8. The molecule has 0 amide bonds. The molecule has 0 aromatic heterocycles. The van der Waals surface area contributed by atoms with Crippen molar-refractivity contribution in [2.24, 2.45) is 23.2 Å². The Morgan fingerprint density at radius 2 is 2.21 bits per heavy atom. The molecule has 4 nitrogen and oxygen atoms in total. The molecule has 1 heterocycles. The predicted octanol–water partition coefficient (Wildman–Crippen LogP) is 3.58. The fraction of sp³-hybridized carbons (Fsp3) is 0.600. The van der Waals surface area contributed by atoms with Crippen molar-refractivity contribution < 1.29 is 19.1 Å². The van der Waals surface area contributed by atoms with Crippen LogP contribution in [0.5, 0.6) is 0 Å². The SMILES string of the molecule is C=C1C=C[C@@H](OC(=O)C(C)=CC)[C@@]2(C)CC[C@@H]3[C@@H](OC(=O)[C@@H]3C)[C@H]12. The van der Waals surface area contributed by atoms with E-state index in [4.69, 9.17) is 9.47 Å². The fourth-order valence-corrected chi connectivity index (χ4v) is 4.51. The van der Waals surface area contributed by atoms with Crippen molar-refractivity contribution in [2.75, 3.05) is 0 Å². The number of hydrogen-bond acceptors (Lipinski definition) is 4. The normalized spacial score (nSPS) is 41.5. The molecule has 3 rings (SSSR count). The Morgan fingerprint density at radius 1 is 1.50 bits per heavy atom. The van der Waals surface area contributed by atoms with Gasteiger partial charge in [0.15, 0.2) is 0 Å². The van der Waals surface area contributed by atoms with Crippen LogP contribution in [-0.4, -0.2) is 24.1 Å². The summed E-state index contributed by atoms with van der Waals surface area (Å²) in [4.78, 5) is 24.3. The summed E-state index contributed by atoms with van der Waals surface area (Å²) in [5.74, 6) is -0.246. The van der Waals surface area contributed by atoms with Gasteiger partial charge in [0.05, 0.1) is 5.92 Å². The van der Waals surface area contributed by atoms with E-state index in [0.717, 1.165) is 18.4 Å². The second kappa shape index (κ2) is 5.91. The maximum Gasteiger partial charge on any atom is 0.333 e. The van der Waals surface area contributed by atoms with Gasteiger partial charge in [-0.2, -0.15) is 0 Å². The van der Waals surface area contributed by atoms with Crippen LogP contribution in [0.25, 0.3) is 0 Å². The molecule has 2 fully saturated rings. The highest BCUT2D eigenvalue weighted by molar-refractivity contribution is 5.87. The van der Waals surface area contributed by atoms with Gasteiger partial charge < -0.3 is 9.47 Å². The molecule has 2 aliphatic carbocycles. The molecule has 24 heavy (non-hydrogen) atoms. The molecule has 0 N–H and O–H groups in total. The molecule has 0 unspecified atom stereocenters. The molecule has 0 radical (unpaired) electrons. The Kier molecular flexibility index (Phi) is 4.18. The molecule has 0 aromatic carbocycles. The third kappa shape index (κ3) is 2.43. The van der Waals surface area contributed by atoms with Crippen LogP contribution in [0.2, 0.25) is 0 Å². The summed E-state index contributed by atoms with van der Waals surface area (Å²) in [6.07, 6.45) is 6.91. The predicted molar refractivity (Wildman–Crippen MR) is 91.0 cm³/mol. The number of rotatable bonds is 2. The number of carbonyl (C=O) groups is 2. The van der Waals surface area contributed by atoms with Gasteiger partial charge in [-0.15, -0.1) is 0 Å². The fourth-order valence-electron chi connectivity index (χ4n) is 4.51. The van der Waals surface area contributed by atoms with Gasteiger partial charge in [-0.25, -0.2) is 4.79 Å². The second-order valence-electron chi connectivity index (χ2n) is 7.61. The van der Waals surface area contributed by atoms with Gasteiger partial charge in [0.1, 0.15) is 12.2 Å². The van der Waals surface area contributed by atoms with Crippen molar-refractivity contribution in [3.05, 3.63) is 36.0 Å². The standard InChI is InChI=1S/C20H26O4/c1-6-11(2)18(21)23-15-8-7-12(3)16-17-14(9-10-20(15,16)5)13(4)19(22)24-17/h6-8,13-17H,3,9-10H2,1-2,4-5H3/t13-,14+,15-,16+,17-,20-/m1/s1. The Hall–Kier alpha value is -1.84.